The van der Waals surface area contributed by atoms with Crippen LogP contribution in [0.25, 0.3) is 0 Å². The number of hydrogen-bond donors (Lipinski definition) is 12. The zero-order valence-corrected chi connectivity index (χ0v) is 72.6. The normalized spacial score (nSPS) is 24.9. The summed E-state index contributed by atoms with van der Waals surface area (Å²) in [6.45, 7) is 1.78. The molecule has 3 saturated heterocycles. The van der Waals surface area contributed by atoms with Gasteiger partial charge in [0.25, 0.3) is 0 Å². The van der Waals surface area contributed by atoms with Crippen molar-refractivity contribution in [3.8, 4) is 0 Å². The predicted molar refractivity (Wildman–Crippen MR) is 462 cm³/mol. The number of allylic oxidation sites excluding steroid dienone is 7. The number of amides is 1. The van der Waals surface area contributed by atoms with Gasteiger partial charge in [0.05, 0.1) is 38.6 Å². The van der Waals surface area contributed by atoms with Gasteiger partial charge in [-0.3, -0.25) is 4.79 Å². The van der Waals surface area contributed by atoms with Crippen LogP contribution in [0, 0.1) is 0 Å². The highest BCUT2D eigenvalue weighted by molar-refractivity contribution is 5.76. The van der Waals surface area contributed by atoms with Crippen molar-refractivity contribution in [1.82, 2.24) is 5.32 Å². The van der Waals surface area contributed by atoms with E-state index in [2.05, 4.69) is 55.6 Å². The highest BCUT2D eigenvalue weighted by Crippen LogP contribution is 2.34. The third-order valence-corrected chi connectivity index (χ3v) is 23.8. The third kappa shape index (κ3) is 52.2. The van der Waals surface area contributed by atoms with Gasteiger partial charge in [-0.2, -0.15) is 0 Å². The zero-order chi connectivity index (χ0) is 82.4. The Morgan fingerprint density at radius 3 is 0.930 bits per heavy atom. The molecule has 3 aliphatic heterocycles. The van der Waals surface area contributed by atoms with E-state index in [1.165, 1.54) is 340 Å². The van der Waals surface area contributed by atoms with Gasteiger partial charge in [-0.05, 0) is 64.2 Å². The van der Waals surface area contributed by atoms with Gasteiger partial charge < -0.3 is 89.9 Å². The molecule has 19 heteroatoms. The molecule has 17 atom stereocenters. The minimum Gasteiger partial charge on any atom is -0.394 e. The number of aliphatic hydroxyl groups is 11. The molecule has 17 unspecified atom stereocenters. The topological polar surface area (TPSA) is 307 Å². The van der Waals surface area contributed by atoms with Crippen LogP contribution in [0.15, 0.2) is 48.6 Å². The predicted octanol–water partition coefficient (Wildman–Crippen LogP) is 19.1. The molecule has 114 heavy (non-hydrogen) atoms. The van der Waals surface area contributed by atoms with Crippen LogP contribution in [0.3, 0.4) is 0 Å². The summed E-state index contributed by atoms with van der Waals surface area (Å²) < 4.78 is 34.5. The van der Waals surface area contributed by atoms with E-state index in [4.69, 9.17) is 28.4 Å². The molecule has 19 nitrogen and oxygen atoms in total. The number of rotatable bonds is 79. The SMILES string of the molecule is CCCCCCC/C=C\C/C=C\CCCCCCCCCCCCCCCCCCCCCCCCCCCCCC(=O)NC(COC1OC(CO)C(OC2OC(CO)C(OC3OC(CO)C(O)C(O)C3O)C(O)C2O)C(O)C1O)C(O)/C=C/CC/C=C/CCCCCCCCCCCCCCCCCCCCCCCCCC. The average molecular weight is 1620 g/mol. The number of nitrogens with one attached hydrogen (secondary N) is 1. The molecule has 0 saturated carbocycles. The summed E-state index contributed by atoms with van der Waals surface area (Å²) in [4.78, 5) is 13.5. The minimum absolute atomic E-state index is 0.240. The molecule has 1 amide bonds. The van der Waals surface area contributed by atoms with Crippen LogP contribution in [0.1, 0.15) is 418 Å². The first kappa shape index (κ1) is 106. The molecule has 3 rings (SSSR count). The van der Waals surface area contributed by atoms with Crippen LogP contribution in [0.2, 0.25) is 0 Å². The van der Waals surface area contributed by atoms with Crippen molar-refractivity contribution in [2.75, 3.05) is 26.4 Å². The number of carbonyl (C=O) groups excluding carboxylic acids is 1. The van der Waals surface area contributed by atoms with E-state index < -0.39 is 124 Å². The average Bonchev–Trinajstić information content (AvgIpc) is 0.783. The first-order valence-corrected chi connectivity index (χ1v) is 47.9. The number of hydrogen-bond acceptors (Lipinski definition) is 18. The van der Waals surface area contributed by atoms with Crippen molar-refractivity contribution >= 4 is 5.91 Å². The van der Waals surface area contributed by atoms with Crippen LogP contribution in [-0.2, 0) is 33.2 Å². The van der Waals surface area contributed by atoms with Crippen LogP contribution in [-0.4, -0.2) is 193 Å². The molecule has 12 N–H and O–H groups in total. The van der Waals surface area contributed by atoms with Crippen molar-refractivity contribution in [1.29, 1.82) is 0 Å². The third-order valence-electron chi connectivity index (χ3n) is 23.8. The molecule has 3 heterocycles. The maximum atomic E-state index is 13.5. The number of ether oxygens (including phenoxy) is 6. The van der Waals surface area contributed by atoms with E-state index in [-0.39, 0.29) is 18.9 Å². The fraction of sp³-hybridized carbons (Fsp3) is 0.905. The minimum atomic E-state index is -1.98. The molecular formula is C95H177NO18. The molecule has 3 aliphatic rings. The van der Waals surface area contributed by atoms with Gasteiger partial charge in [0.1, 0.15) is 73.2 Å². The molecule has 670 valence electrons. The Balaban J connectivity index is 1.30. The highest BCUT2D eigenvalue weighted by atomic mass is 16.8. The van der Waals surface area contributed by atoms with Crippen molar-refractivity contribution in [2.45, 2.75) is 523 Å². The van der Waals surface area contributed by atoms with Crippen LogP contribution in [0.4, 0.5) is 0 Å². The molecule has 0 spiro atoms. The second kappa shape index (κ2) is 74.6. The summed E-state index contributed by atoms with van der Waals surface area (Å²) in [7, 11) is 0. The standard InChI is InChI=1S/C95H177NO18/c1-3-5-7-9-11-13-15-17-19-21-23-25-27-29-31-33-35-36-37-38-39-40-41-42-43-45-47-49-51-53-55-57-59-61-63-65-67-69-71-73-83(101)96-78(79(100)72-70-68-66-64-62-60-58-56-54-52-50-48-46-44-34-32-30-28-26-24-22-20-18-16-14-12-10-8-6-4-2)77-109-93-89(107)86(104)91(81(75-98)111-93)114-95-90(108)87(105)92(82(76-99)112-95)113-94-88(106)85(103)84(102)80(74-97)110-94/h15,17,21,23,62,64,70,72,78-82,84-95,97-100,102-108H,3-14,16,18-20,22,24-61,63,65-69,71,73-77H2,1-2H3,(H,96,101)/b17-15-,23-21-,64-62+,72-70+. The van der Waals surface area contributed by atoms with Crippen LogP contribution in [0.5, 0.6) is 0 Å². The summed E-state index contributed by atoms with van der Waals surface area (Å²) in [5, 5.41) is 121. The molecule has 3 fully saturated rings. The number of unbranched alkanes of at least 4 members (excludes halogenated alkanes) is 57. The lowest BCUT2D eigenvalue weighted by molar-refractivity contribution is -0.379. The Labute approximate surface area is 694 Å². The highest BCUT2D eigenvalue weighted by Gasteiger charge is 2.54. The molecular weight excluding hydrogens is 1440 g/mol. The van der Waals surface area contributed by atoms with E-state index in [0.717, 1.165) is 44.9 Å². The molecule has 0 aromatic carbocycles. The van der Waals surface area contributed by atoms with Gasteiger partial charge >= 0.3 is 0 Å². The lowest BCUT2D eigenvalue weighted by Crippen LogP contribution is -2.66. The van der Waals surface area contributed by atoms with E-state index in [1.54, 1.807) is 6.08 Å². The van der Waals surface area contributed by atoms with Gasteiger partial charge in [-0.25, -0.2) is 0 Å². The maximum Gasteiger partial charge on any atom is 0.220 e. The van der Waals surface area contributed by atoms with E-state index >= 15 is 0 Å². The van der Waals surface area contributed by atoms with Crippen LogP contribution < -0.4 is 5.32 Å². The largest absolute Gasteiger partial charge is 0.394 e. The number of aliphatic hydroxyl groups excluding tert-OH is 11. The van der Waals surface area contributed by atoms with Gasteiger partial charge in [0, 0.05) is 6.42 Å². The lowest BCUT2D eigenvalue weighted by atomic mass is 9.96. The van der Waals surface area contributed by atoms with Gasteiger partial charge in [-0.1, -0.05) is 396 Å². The molecule has 0 aromatic rings. The van der Waals surface area contributed by atoms with E-state index in [0.29, 0.717) is 12.8 Å². The molecule has 0 aliphatic carbocycles. The smallest absolute Gasteiger partial charge is 0.220 e. The second-order valence-electron chi connectivity index (χ2n) is 34.2. The first-order valence-electron chi connectivity index (χ1n) is 47.9. The van der Waals surface area contributed by atoms with Crippen LogP contribution >= 0.6 is 0 Å². The Hall–Kier alpha value is -2.25. The van der Waals surface area contributed by atoms with E-state index in [1.807, 2.05) is 6.08 Å². The monoisotopic (exact) mass is 1620 g/mol. The summed E-state index contributed by atoms with van der Waals surface area (Å²) in [6.07, 6.45) is 71.5. The molecule has 0 aromatic heterocycles. The Morgan fingerprint density at radius 2 is 0.588 bits per heavy atom. The Morgan fingerprint density at radius 1 is 0.316 bits per heavy atom. The fourth-order valence-electron chi connectivity index (χ4n) is 16.2. The van der Waals surface area contributed by atoms with Crippen molar-refractivity contribution in [3.63, 3.8) is 0 Å². The summed E-state index contributed by atoms with van der Waals surface area (Å²) in [6, 6.07) is -0.991. The zero-order valence-electron chi connectivity index (χ0n) is 72.6. The van der Waals surface area contributed by atoms with E-state index in [9.17, 15) is 61.0 Å². The molecule has 0 bridgehead atoms. The molecule has 0 radical (unpaired) electrons. The Bertz CT molecular complexity index is 2240. The van der Waals surface area contributed by atoms with Gasteiger partial charge in [0.2, 0.25) is 5.91 Å². The van der Waals surface area contributed by atoms with Crippen molar-refractivity contribution in [3.05, 3.63) is 48.6 Å². The quantitative estimate of drug-likeness (QED) is 0.0199. The summed E-state index contributed by atoms with van der Waals surface area (Å²) in [5.74, 6) is -0.277. The van der Waals surface area contributed by atoms with Gasteiger partial charge in [-0.15, -0.1) is 0 Å². The summed E-state index contributed by atoms with van der Waals surface area (Å²) >= 11 is 0. The number of carbonyl (C=O) groups is 1. The van der Waals surface area contributed by atoms with Crippen molar-refractivity contribution in [2.24, 2.45) is 0 Å². The van der Waals surface area contributed by atoms with Crippen molar-refractivity contribution < 1.29 is 89.4 Å². The fourth-order valence-corrected chi connectivity index (χ4v) is 16.2. The summed E-state index contributed by atoms with van der Waals surface area (Å²) in [5.41, 5.74) is 0. The Kier molecular flexibility index (Phi) is 69.3. The van der Waals surface area contributed by atoms with Gasteiger partial charge in [0.15, 0.2) is 18.9 Å². The second-order valence-corrected chi connectivity index (χ2v) is 34.2. The first-order chi connectivity index (χ1) is 55.8. The maximum absolute atomic E-state index is 13.5. The lowest BCUT2D eigenvalue weighted by Gasteiger charge is -2.48.